The maximum atomic E-state index is 11.5. The van der Waals surface area contributed by atoms with E-state index in [1.165, 1.54) is 25.7 Å². The quantitative estimate of drug-likeness (QED) is 0.792. The van der Waals surface area contributed by atoms with E-state index in [0.717, 1.165) is 18.3 Å². The number of hydrogen-bond acceptors (Lipinski definition) is 1. The summed E-state index contributed by atoms with van der Waals surface area (Å²) in [5.74, 6) is 2.05. The Labute approximate surface area is 98.4 Å². The molecule has 16 heavy (non-hydrogen) atoms. The van der Waals surface area contributed by atoms with Gasteiger partial charge < -0.3 is 5.11 Å². The van der Waals surface area contributed by atoms with Crippen molar-refractivity contribution in [1.82, 2.24) is 0 Å². The summed E-state index contributed by atoms with van der Waals surface area (Å²) in [6, 6.07) is 0. The monoisotopic (exact) mass is 224 g/mol. The Bertz CT molecular complexity index is 284. The third-order valence-corrected chi connectivity index (χ3v) is 5.33. The standard InChI is InChI=1S/C14H24O2/c1-9(2)14(3,13(15)16)8-12-7-10-4-5-11(12)6-10/h9-12H,4-8H2,1-3H3,(H,15,16). The average Bonchev–Trinajstić information content (AvgIpc) is 2.78. The van der Waals surface area contributed by atoms with E-state index in [2.05, 4.69) is 0 Å². The number of carboxylic acid groups (broad SMARTS) is 1. The molecule has 2 bridgehead atoms. The van der Waals surface area contributed by atoms with Crippen LogP contribution in [0.1, 0.15) is 52.9 Å². The van der Waals surface area contributed by atoms with Crippen LogP contribution in [0.2, 0.25) is 0 Å². The first-order chi connectivity index (χ1) is 7.43. The first-order valence-corrected chi connectivity index (χ1v) is 6.67. The van der Waals surface area contributed by atoms with Gasteiger partial charge in [-0.05, 0) is 56.3 Å². The molecular formula is C14H24O2. The Morgan fingerprint density at radius 1 is 1.38 bits per heavy atom. The van der Waals surface area contributed by atoms with Gasteiger partial charge in [0.05, 0.1) is 5.41 Å². The van der Waals surface area contributed by atoms with Gasteiger partial charge in [0.15, 0.2) is 0 Å². The smallest absolute Gasteiger partial charge is 0.309 e. The van der Waals surface area contributed by atoms with Crippen LogP contribution in [0, 0.1) is 29.1 Å². The highest BCUT2D eigenvalue weighted by atomic mass is 16.4. The molecule has 2 rings (SSSR count). The first kappa shape index (κ1) is 11.9. The summed E-state index contributed by atoms with van der Waals surface area (Å²) in [4.78, 5) is 11.5. The molecule has 2 saturated carbocycles. The van der Waals surface area contributed by atoms with E-state index >= 15 is 0 Å². The van der Waals surface area contributed by atoms with Crippen molar-refractivity contribution < 1.29 is 9.90 Å². The predicted octanol–water partition coefficient (Wildman–Crippen LogP) is 3.56. The van der Waals surface area contributed by atoms with Crippen LogP contribution >= 0.6 is 0 Å². The van der Waals surface area contributed by atoms with Gasteiger partial charge in [-0.15, -0.1) is 0 Å². The van der Waals surface area contributed by atoms with Crippen molar-refractivity contribution in [2.75, 3.05) is 0 Å². The van der Waals surface area contributed by atoms with Crippen molar-refractivity contribution in [3.63, 3.8) is 0 Å². The molecule has 2 fully saturated rings. The SMILES string of the molecule is CC(C)C(C)(CC1CC2CCC1C2)C(=O)O. The maximum absolute atomic E-state index is 11.5. The van der Waals surface area contributed by atoms with E-state index < -0.39 is 11.4 Å². The van der Waals surface area contributed by atoms with Crippen LogP contribution in [-0.2, 0) is 4.79 Å². The molecule has 4 unspecified atom stereocenters. The number of aliphatic carboxylic acids is 1. The normalized spacial score (nSPS) is 36.6. The molecule has 0 aromatic carbocycles. The third-order valence-electron chi connectivity index (χ3n) is 5.33. The predicted molar refractivity (Wildman–Crippen MR) is 64.1 cm³/mol. The van der Waals surface area contributed by atoms with Gasteiger partial charge in [-0.3, -0.25) is 4.79 Å². The molecule has 4 atom stereocenters. The molecule has 0 aromatic rings. The summed E-state index contributed by atoms with van der Waals surface area (Å²) in [5, 5.41) is 9.43. The molecule has 0 amide bonds. The van der Waals surface area contributed by atoms with Crippen LogP contribution in [0.3, 0.4) is 0 Å². The van der Waals surface area contributed by atoms with Gasteiger partial charge in [0, 0.05) is 0 Å². The largest absolute Gasteiger partial charge is 0.481 e. The Morgan fingerprint density at radius 2 is 2.06 bits per heavy atom. The van der Waals surface area contributed by atoms with Crippen LogP contribution in [0.5, 0.6) is 0 Å². The van der Waals surface area contributed by atoms with E-state index in [4.69, 9.17) is 0 Å². The van der Waals surface area contributed by atoms with Gasteiger partial charge in [-0.25, -0.2) is 0 Å². The fourth-order valence-corrected chi connectivity index (χ4v) is 3.74. The van der Waals surface area contributed by atoms with E-state index in [1.807, 2.05) is 20.8 Å². The molecule has 0 radical (unpaired) electrons. The summed E-state index contributed by atoms with van der Waals surface area (Å²) in [6.45, 7) is 6.02. The van der Waals surface area contributed by atoms with E-state index in [0.29, 0.717) is 5.92 Å². The average molecular weight is 224 g/mol. The lowest BCUT2D eigenvalue weighted by Crippen LogP contribution is -2.36. The Morgan fingerprint density at radius 3 is 2.44 bits per heavy atom. The molecule has 2 heteroatoms. The lowest BCUT2D eigenvalue weighted by molar-refractivity contribution is -0.152. The molecule has 2 aliphatic carbocycles. The fourth-order valence-electron chi connectivity index (χ4n) is 3.74. The molecule has 0 saturated heterocycles. The number of carboxylic acids is 1. The van der Waals surface area contributed by atoms with Crippen LogP contribution in [0.4, 0.5) is 0 Å². The minimum Gasteiger partial charge on any atom is -0.481 e. The Hall–Kier alpha value is -0.530. The van der Waals surface area contributed by atoms with Crippen LogP contribution in [0.25, 0.3) is 0 Å². The summed E-state index contributed by atoms with van der Waals surface area (Å²) < 4.78 is 0. The zero-order chi connectivity index (χ0) is 11.9. The Balaban J connectivity index is 2.04. The molecule has 2 aliphatic rings. The number of rotatable bonds is 4. The zero-order valence-electron chi connectivity index (χ0n) is 10.7. The van der Waals surface area contributed by atoms with E-state index in [-0.39, 0.29) is 5.92 Å². The summed E-state index contributed by atoms with van der Waals surface area (Å²) in [5.41, 5.74) is -0.519. The van der Waals surface area contributed by atoms with Gasteiger partial charge >= 0.3 is 5.97 Å². The summed E-state index contributed by atoms with van der Waals surface area (Å²) >= 11 is 0. The fraction of sp³-hybridized carbons (Fsp3) is 0.929. The molecule has 0 spiro atoms. The first-order valence-electron chi connectivity index (χ1n) is 6.67. The molecule has 92 valence electrons. The topological polar surface area (TPSA) is 37.3 Å². The molecule has 0 aliphatic heterocycles. The van der Waals surface area contributed by atoms with Gasteiger partial charge in [-0.2, -0.15) is 0 Å². The minimum atomic E-state index is -0.606. The summed E-state index contributed by atoms with van der Waals surface area (Å²) in [6.07, 6.45) is 6.30. The zero-order valence-corrected chi connectivity index (χ0v) is 10.7. The van der Waals surface area contributed by atoms with Crippen molar-refractivity contribution >= 4 is 5.97 Å². The van der Waals surface area contributed by atoms with Crippen molar-refractivity contribution in [3.05, 3.63) is 0 Å². The lowest BCUT2D eigenvalue weighted by atomic mass is 9.69. The molecule has 0 aromatic heterocycles. The van der Waals surface area contributed by atoms with Gasteiger partial charge in [0.2, 0.25) is 0 Å². The number of carbonyl (C=O) groups is 1. The highest BCUT2D eigenvalue weighted by molar-refractivity contribution is 5.74. The maximum Gasteiger partial charge on any atom is 0.309 e. The molecule has 0 heterocycles. The molecule has 2 nitrogen and oxygen atoms in total. The van der Waals surface area contributed by atoms with Gasteiger partial charge in [-0.1, -0.05) is 20.3 Å². The lowest BCUT2D eigenvalue weighted by Gasteiger charge is -2.34. The van der Waals surface area contributed by atoms with Crippen LogP contribution in [-0.4, -0.2) is 11.1 Å². The van der Waals surface area contributed by atoms with Crippen molar-refractivity contribution in [2.45, 2.75) is 52.9 Å². The highest BCUT2D eigenvalue weighted by Gasteiger charge is 2.46. The second kappa shape index (κ2) is 4.05. The van der Waals surface area contributed by atoms with E-state index in [9.17, 15) is 9.90 Å². The van der Waals surface area contributed by atoms with Crippen LogP contribution < -0.4 is 0 Å². The molecular weight excluding hydrogens is 200 g/mol. The number of fused-ring (bicyclic) bond motifs is 2. The van der Waals surface area contributed by atoms with Gasteiger partial charge in [0.25, 0.3) is 0 Å². The summed E-state index contributed by atoms with van der Waals surface area (Å²) in [7, 11) is 0. The Kier molecular flexibility index (Phi) is 3.02. The minimum absolute atomic E-state index is 0.226. The second-order valence-electron chi connectivity index (χ2n) is 6.52. The van der Waals surface area contributed by atoms with Crippen molar-refractivity contribution in [3.8, 4) is 0 Å². The highest BCUT2D eigenvalue weighted by Crippen LogP contribution is 2.52. The van der Waals surface area contributed by atoms with Crippen molar-refractivity contribution in [2.24, 2.45) is 29.1 Å². The second-order valence-corrected chi connectivity index (χ2v) is 6.52. The van der Waals surface area contributed by atoms with Crippen LogP contribution in [0.15, 0.2) is 0 Å². The van der Waals surface area contributed by atoms with Crippen molar-refractivity contribution in [1.29, 1.82) is 0 Å². The molecule has 1 N–H and O–H groups in total. The van der Waals surface area contributed by atoms with Gasteiger partial charge in [0.1, 0.15) is 0 Å². The number of hydrogen-bond donors (Lipinski definition) is 1. The third kappa shape index (κ3) is 1.87. The van der Waals surface area contributed by atoms with E-state index in [1.54, 1.807) is 0 Å².